The summed E-state index contributed by atoms with van der Waals surface area (Å²) in [5.41, 5.74) is 6.85. The van der Waals surface area contributed by atoms with E-state index in [0.29, 0.717) is 19.6 Å². The maximum atomic E-state index is 15.0. The number of aryl methyl sites for hydroxylation is 3. The van der Waals surface area contributed by atoms with E-state index in [9.17, 15) is 14.7 Å². The lowest BCUT2D eigenvalue weighted by molar-refractivity contribution is -0.155. The number of benzene rings is 3. The van der Waals surface area contributed by atoms with Gasteiger partial charge in [-0.2, -0.15) is 0 Å². The van der Waals surface area contributed by atoms with E-state index in [-0.39, 0.29) is 49.7 Å². The third-order valence-corrected chi connectivity index (χ3v) is 10.3. The lowest BCUT2D eigenvalue weighted by atomic mass is 9.73. The monoisotopic (exact) mass is 661 g/mol. The Hall–Kier alpha value is -4.61. The summed E-state index contributed by atoms with van der Waals surface area (Å²) in [6, 6.07) is 19.6. The van der Waals surface area contributed by atoms with Crippen LogP contribution < -0.4 is 10.1 Å². The lowest BCUT2D eigenvalue weighted by Gasteiger charge is -2.53. The highest BCUT2D eigenvalue weighted by Crippen LogP contribution is 2.41. The number of piperazine rings is 1. The second-order valence-electron chi connectivity index (χ2n) is 14.0. The molecule has 1 aliphatic carbocycles. The predicted molar refractivity (Wildman–Crippen MR) is 189 cm³/mol. The number of hydrogen-bond acceptors (Lipinski definition) is 5. The predicted octanol–water partition coefficient (Wildman–Crippen LogP) is 5.76. The maximum absolute atomic E-state index is 15.0. The SMILES string of the molecule is Cc1cc(C)c(C)c(OCCc2ccc([C@]34CC#C[C@@H](CN(C(=O)CCCC(=O)O)C3C(=O)N(Cc3ccccc3C)C3CC3)N4)cc2)c1. The molecule has 1 saturated heterocycles. The fraction of sp³-hybridized carbons (Fsp3) is 0.439. The van der Waals surface area contributed by atoms with Gasteiger partial charge in [0, 0.05) is 44.8 Å². The molecule has 2 amide bonds. The van der Waals surface area contributed by atoms with Crippen LogP contribution in [0.1, 0.15) is 77.5 Å². The second kappa shape index (κ2) is 14.5. The molecule has 49 heavy (non-hydrogen) atoms. The Labute approximate surface area is 289 Å². The highest BCUT2D eigenvalue weighted by molar-refractivity contribution is 5.90. The molecule has 256 valence electrons. The van der Waals surface area contributed by atoms with Crippen molar-refractivity contribution in [2.24, 2.45) is 0 Å². The van der Waals surface area contributed by atoms with Crippen LogP contribution in [-0.2, 0) is 32.9 Å². The van der Waals surface area contributed by atoms with Crippen molar-refractivity contribution in [3.05, 3.63) is 99.6 Å². The van der Waals surface area contributed by atoms with Crippen LogP contribution in [0.2, 0.25) is 0 Å². The van der Waals surface area contributed by atoms with Crippen LogP contribution in [0.3, 0.4) is 0 Å². The van der Waals surface area contributed by atoms with E-state index in [4.69, 9.17) is 4.74 Å². The summed E-state index contributed by atoms with van der Waals surface area (Å²) in [4.78, 5) is 43.9. The molecule has 2 bridgehead atoms. The zero-order chi connectivity index (χ0) is 34.7. The van der Waals surface area contributed by atoms with Crippen molar-refractivity contribution in [2.75, 3.05) is 13.2 Å². The number of nitrogens with zero attached hydrogens (tertiary/aromatic N) is 2. The Morgan fingerprint density at radius 3 is 2.47 bits per heavy atom. The van der Waals surface area contributed by atoms with E-state index in [1.807, 2.05) is 17.0 Å². The Bertz CT molecular complexity index is 1790. The number of nitrogens with one attached hydrogen (secondary N) is 1. The van der Waals surface area contributed by atoms with E-state index >= 15 is 4.79 Å². The molecule has 3 aromatic rings. The van der Waals surface area contributed by atoms with Crippen LogP contribution in [0.25, 0.3) is 0 Å². The summed E-state index contributed by atoms with van der Waals surface area (Å²) in [5, 5.41) is 13.0. The van der Waals surface area contributed by atoms with Gasteiger partial charge in [-0.1, -0.05) is 66.4 Å². The first kappa shape index (κ1) is 34.3. The molecule has 6 rings (SSSR count). The van der Waals surface area contributed by atoms with E-state index in [2.05, 4.69) is 93.4 Å². The minimum Gasteiger partial charge on any atom is -0.493 e. The molecule has 8 nitrogen and oxygen atoms in total. The number of aliphatic carboxylic acids is 1. The van der Waals surface area contributed by atoms with Gasteiger partial charge in [0.1, 0.15) is 11.8 Å². The Kier molecular flexibility index (Phi) is 10.1. The molecule has 3 aliphatic rings. The molecule has 2 aliphatic heterocycles. The van der Waals surface area contributed by atoms with Gasteiger partial charge < -0.3 is 19.6 Å². The van der Waals surface area contributed by atoms with Crippen LogP contribution in [0.5, 0.6) is 5.75 Å². The van der Waals surface area contributed by atoms with Gasteiger partial charge in [-0.3, -0.25) is 19.7 Å². The molecule has 0 spiro atoms. The van der Waals surface area contributed by atoms with Gasteiger partial charge in [0.05, 0.1) is 18.2 Å². The van der Waals surface area contributed by atoms with Crippen LogP contribution in [0.4, 0.5) is 0 Å². The smallest absolute Gasteiger partial charge is 0.303 e. The summed E-state index contributed by atoms with van der Waals surface area (Å²) >= 11 is 0. The van der Waals surface area contributed by atoms with E-state index < -0.39 is 17.6 Å². The van der Waals surface area contributed by atoms with Gasteiger partial charge in [-0.15, -0.1) is 0 Å². The minimum atomic E-state index is -0.937. The first-order valence-electron chi connectivity index (χ1n) is 17.5. The first-order chi connectivity index (χ1) is 23.6. The quantitative estimate of drug-likeness (QED) is 0.226. The van der Waals surface area contributed by atoms with Crippen molar-refractivity contribution in [3.63, 3.8) is 0 Å². The van der Waals surface area contributed by atoms with Crippen molar-refractivity contribution < 1.29 is 24.2 Å². The van der Waals surface area contributed by atoms with Crippen molar-refractivity contribution in [1.29, 1.82) is 0 Å². The van der Waals surface area contributed by atoms with Crippen molar-refractivity contribution in [1.82, 2.24) is 15.1 Å². The number of ether oxygens (including phenoxy) is 1. The number of carboxylic acids is 1. The van der Waals surface area contributed by atoms with E-state index in [1.54, 1.807) is 4.90 Å². The molecule has 2 N–H and O–H groups in total. The summed E-state index contributed by atoms with van der Waals surface area (Å²) < 4.78 is 6.20. The lowest BCUT2D eigenvalue weighted by Crippen LogP contribution is -2.73. The molecule has 1 saturated carbocycles. The molecule has 0 radical (unpaired) electrons. The third kappa shape index (κ3) is 7.52. The minimum absolute atomic E-state index is 0.0619. The van der Waals surface area contributed by atoms with Crippen LogP contribution in [0, 0.1) is 39.5 Å². The molecule has 2 heterocycles. The fourth-order valence-electron chi connectivity index (χ4n) is 7.31. The topological polar surface area (TPSA) is 99.2 Å². The zero-order valence-electron chi connectivity index (χ0n) is 29.1. The molecular weight excluding hydrogens is 614 g/mol. The van der Waals surface area contributed by atoms with Crippen molar-refractivity contribution in [2.45, 2.75) is 103 Å². The van der Waals surface area contributed by atoms with E-state index in [1.165, 1.54) is 11.1 Å². The summed E-state index contributed by atoms with van der Waals surface area (Å²) in [6.07, 6.45) is 3.13. The van der Waals surface area contributed by atoms with Crippen molar-refractivity contribution in [3.8, 4) is 17.6 Å². The summed E-state index contributed by atoms with van der Waals surface area (Å²) in [5.74, 6) is 6.26. The van der Waals surface area contributed by atoms with Gasteiger partial charge in [-0.05, 0) is 92.0 Å². The highest BCUT2D eigenvalue weighted by Gasteiger charge is 2.56. The molecule has 2 fully saturated rings. The highest BCUT2D eigenvalue weighted by atomic mass is 16.5. The Balaban J connectivity index is 1.30. The molecular formula is C41H47N3O5. The molecule has 3 atom stereocenters. The van der Waals surface area contributed by atoms with Gasteiger partial charge in [0.15, 0.2) is 0 Å². The number of rotatable bonds is 13. The Morgan fingerprint density at radius 1 is 1.00 bits per heavy atom. The molecule has 8 heteroatoms. The molecule has 0 aromatic heterocycles. The third-order valence-electron chi connectivity index (χ3n) is 10.3. The van der Waals surface area contributed by atoms with Crippen LogP contribution in [0.15, 0.2) is 60.7 Å². The normalized spacial score (nSPS) is 21.0. The first-order valence-corrected chi connectivity index (χ1v) is 17.5. The van der Waals surface area contributed by atoms with Crippen LogP contribution >= 0.6 is 0 Å². The Morgan fingerprint density at radius 2 is 1.76 bits per heavy atom. The standard InChI is InChI=1S/C41H47N3O5/c1-27-23-29(3)30(4)36(24-27)49-22-20-31-14-16-33(17-15-31)41-21-8-11-34(42-41)26-44(37(45)12-7-13-38(46)47)39(41)40(48)43(35-18-19-35)25-32-10-6-5-9-28(32)2/h5-6,9-10,14-17,23-24,34-35,39,42H,7,12-13,18-22,25-26H2,1-4H3,(H,46,47)/t34-,39?,41+/m0/s1. The number of carboxylic acid groups (broad SMARTS) is 1. The van der Waals surface area contributed by atoms with Gasteiger partial charge in [0.2, 0.25) is 11.8 Å². The maximum Gasteiger partial charge on any atom is 0.303 e. The number of amides is 2. The zero-order valence-corrected chi connectivity index (χ0v) is 29.1. The van der Waals surface area contributed by atoms with E-state index in [0.717, 1.165) is 52.8 Å². The van der Waals surface area contributed by atoms with Crippen molar-refractivity contribution >= 4 is 17.8 Å². The van der Waals surface area contributed by atoms with Gasteiger partial charge in [0.25, 0.3) is 0 Å². The molecule has 1 unspecified atom stereocenters. The summed E-state index contributed by atoms with van der Waals surface area (Å²) in [7, 11) is 0. The van der Waals surface area contributed by atoms with Gasteiger partial charge >= 0.3 is 5.97 Å². The second-order valence-corrected chi connectivity index (χ2v) is 14.0. The van der Waals surface area contributed by atoms with Crippen LogP contribution in [-0.4, -0.2) is 64.0 Å². The van der Waals surface area contributed by atoms with Gasteiger partial charge in [-0.25, -0.2) is 0 Å². The fourth-order valence-corrected chi connectivity index (χ4v) is 7.31. The number of fused-ring (bicyclic) bond motifs is 2. The number of carbonyl (C=O) groups is 3. The number of hydrogen-bond donors (Lipinski definition) is 2. The molecule has 3 aromatic carbocycles. The average Bonchev–Trinajstić information content (AvgIpc) is 3.92. The summed E-state index contributed by atoms with van der Waals surface area (Å²) in [6.45, 7) is 9.59. The number of carbonyl (C=O) groups excluding carboxylic acids is 2. The average molecular weight is 662 g/mol. The largest absolute Gasteiger partial charge is 0.493 e.